The van der Waals surface area contributed by atoms with Crippen molar-refractivity contribution in [3.63, 3.8) is 0 Å². The van der Waals surface area contributed by atoms with Gasteiger partial charge in [0.15, 0.2) is 5.75 Å². The molecule has 3 aromatic carbocycles. The first kappa shape index (κ1) is 25.6. The average molecular weight is 618 g/mol. The Bertz CT molecular complexity index is 1460. The minimum absolute atomic E-state index is 0.0561. The highest BCUT2D eigenvalue weighted by Crippen LogP contribution is 2.35. The second-order valence-corrected chi connectivity index (χ2v) is 10.6. The molecule has 1 heterocycles. The molecule has 35 heavy (non-hydrogen) atoms. The Labute approximate surface area is 226 Å². The molecule has 5 nitrogen and oxygen atoms in total. The number of rotatable bonds is 7. The molecule has 0 saturated heterocycles. The summed E-state index contributed by atoms with van der Waals surface area (Å²) < 4.78 is 8.87. The molecule has 0 saturated carbocycles. The molecule has 4 aromatic rings. The van der Waals surface area contributed by atoms with Gasteiger partial charge in [-0.2, -0.15) is 9.78 Å². The van der Waals surface area contributed by atoms with Gasteiger partial charge in [-0.1, -0.05) is 71.2 Å². The maximum Gasteiger partial charge on any atom is 0.282 e. The van der Waals surface area contributed by atoms with Crippen LogP contribution >= 0.6 is 43.5 Å². The van der Waals surface area contributed by atoms with Crippen molar-refractivity contribution in [2.24, 2.45) is 5.10 Å². The van der Waals surface area contributed by atoms with Crippen molar-refractivity contribution in [2.45, 2.75) is 39.7 Å². The lowest BCUT2D eigenvalue weighted by Crippen LogP contribution is -2.23. The summed E-state index contributed by atoms with van der Waals surface area (Å²) in [4.78, 5) is 18.0. The van der Waals surface area contributed by atoms with E-state index in [2.05, 4.69) is 50.0 Å². The third kappa shape index (κ3) is 5.85. The van der Waals surface area contributed by atoms with E-state index in [1.54, 1.807) is 18.3 Å². The highest BCUT2D eigenvalue weighted by Gasteiger charge is 2.16. The number of fused-ring (bicyclic) bond motifs is 1. The van der Waals surface area contributed by atoms with Gasteiger partial charge in [0.1, 0.15) is 12.4 Å². The van der Waals surface area contributed by atoms with E-state index in [1.807, 2.05) is 50.2 Å². The monoisotopic (exact) mass is 615 g/mol. The molecule has 0 unspecified atom stereocenters. The SMILES string of the molecule is CC[C@H](C)c1nc2ccc(Br)cc2c(=O)n1N=Cc1cc(Cl)c(OCc2cccc(C)c2)c(Br)c1. The van der Waals surface area contributed by atoms with Crippen molar-refractivity contribution in [1.82, 2.24) is 9.66 Å². The molecule has 0 aliphatic carbocycles. The molecule has 0 aliphatic heterocycles. The smallest absolute Gasteiger partial charge is 0.282 e. The van der Waals surface area contributed by atoms with Gasteiger partial charge in [-0.15, -0.1) is 0 Å². The van der Waals surface area contributed by atoms with Gasteiger partial charge in [-0.05, 0) is 70.7 Å². The molecule has 0 aliphatic rings. The quantitative estimate of drug-likeness (QED) is 0.199. The molecular weight excluding hydrogens is 594 g/mol. The number of nitrogens with zero attached hydrogens (tertiary/aromatic N) is 3. The summed E-state index contributed by atoms with van der Waals surface area (Å²) in [6.07, 6.45) is 2.44. The molecule has 0 fully saturated rings. The number of ether oxygens (including phenoxy) is 1. The van der Waals surface area contributed by atoms with E-state index in [4.69, 9.17) is 21.3 Å². The van der Waals surface area contributed by atoms with Crippen LogP contribution in [0, 0.1) is 6.92 Å². The second kappa shape index (κ2) is 11.1. The second-order valence-electron chi connectivity index (χ2n) is 8.39. The number of hydrogen-bond acceptors (Lipinski definition) is 4. The van der Waals surface area contributed by atoms with E-state index in [-0.39, 0.29) is 11.5 Å². The Kier molecular flexibility index (Phi) is 8.09. The standard InChI is InChI=1S/C27H24Br2ClN3O2/c1-4-17(3)26-32-24-9-8-20(28)13-21(24)27(34)33(26)31-14-19-11-22(29)25(23(30)12-19)35-15-18-7-5-6-16(2)10-18/h5-14,17H,4,15H2,1-3H3/t17-/m0/s1. The molecular formula is C27H24Br2ClN3O2. The number of benzene rings is 3. The zero-order chi connectivity index (χ0) is 25.1. The van der Waals surface area contributed by atoms with Gasteiger partial charge in [0.25, 0.3) is 5.56 Å². The van der Waals surface area contributed by atoms with Crippen LogP contribution in [0.5, 0.6) is 5.75 Å². The summed E-state index contributed by atoms with van der Waals surface area (Å²) in [5.41, 5.74) is 3.39. The normalized spacial score (nSPS) is 12.4. The molecule has 0 bridgehead atoms. The Morgan fingerprint density at radius 1 is 1.17 bits per heavy atom. The molecule has 0 amide bonds. The fraction of sp³-hybridized carbons (Fsp3) is 0.222. The van der Waals surface area contributed by atoms with Crippen LogP contribution in [0.25, 0.3) is 10.9 Å². The van der Waals surface area contributed by atoms with Crippen LogP contribution in [0.2, 0.25) is 5.02 Å². The Hall–Kier alpha value is -2.48. The molecule has 1 atom stereocenters. The highest BCUT2D eigenvalue weighted by atomic mass is 79.9. The van der Waals surface area contributed by atoms with Crippen LogP contribution in [-0.2, 0) is 6.61 Å². The maximum absolute atomic E-state index is 13.3. The third-order valence-electron chi connectivity index (χ3n) is 5.70. The first-order valence-corrected chi connectivity index (χ1v) is 13.2. The van der Waals surface area contributed by atoms with Crippen molar-refractivity contribution in [3.05, 3.63) is 101 Å². The lowest BCUT2D eigenvalue weighted by atomic mass is 10.1. The maximum atomic E-state index is 13.3. The van der Waals surface area contributed by atoms with E-state index in [1.165, 1.54) is 10.2 Å². The summed E-state index contributed by atoms with van der Waals surface area (Å²) in [6.45, 7) is 6.54. The fourth-order valence-corrected chi connectivity index (χ4v) is 5.00. The average Bonchev–Trinajstić information content (AvgIpc) is 2.82. The fourth-order valence-electron chi connectivity index (χ4n) is 3.65. The lowest BCUT2D eigenvalue weighted by molar-refractivity contribution is 0.304. The van der Waals surface area contributed by atoms with E-state index in [0.717, 1.165) is 22.0 Å². The third-order valence-corrected chi connectivity index (χ3v) is 7.06. The lowest BCUT2D eigenvalue weighted by Gasteiger charge is -2.14. The number of hydrogen-bond donors (Lipinski definition) is 0. The number of halogens is 3. The van der Waals surface area contributed by atoms with Gasteiger partial charge >= 0.3 is 0 Å². The molecule has 0 spiro atoms. The molecule has 1 aromatic heterocycles. The van der Waals surface area contributed by atoms with Gasteiger partial charge in [-0.25, -0.2) is 4.98 Å². The molecule has 8 heteroatoms. The summed E-state index contributed by atoms with van der Waals surface area (Å²) in [7, 11) is 0. The summed E-state index contributed by atoms with van der Waals surface area (Å²) >= 11 is 13.5. The predicted molar refractivity (Wildman–Crippen MR) is 150 cm³/mol. The van der Waals surface area contributed by atoms with E-state index in [0.29, 0.717) is 38.6 Å². The van der Waals surface area contributed by atoms with Gasteiger partial charge < -0.3 is 4.74 Å². The van der Waals surface area contributed by atoms with Crippen LogP contribution in [0.4, 0.5) is 0 Å². The van der Waals surface area contributed by atoms with Crippen molar-refractivity contribution < 1.29 is 4.74 Å². The van der Waals surface area contributed by atoms with Crippen LogP contribution in [0.15, 0.2) is 73.4 Å². The van der Waals surface area contributed by atoms with Crippen LogP contribution in [0.1, 0.15) is 48.7 Å². The first-order valence-electron chi connectivity index (χ1n) is 11.2. The highest BCUT2D eigenvalue weighted by molar-refractivity contribution is 9.10. The van der Waals surface area contributed by atoms with Crippen molar-refractivity contribution in [2.75, 3.05) is 0 Å². The minimum Gasteiger partial charge on any atom is -0.486 e. The van der Waals surface area contributed by atoms with Gasteiger partial charge in [0.05, 0.1) is 26.6 Å². The summed E-state index contributed by atoms with van der Waals surface area (Å²) in [6, 6.07) is 17.2. The van der Waals surface area contributed by atoms with E-state index < -0.39 is 0 Å². The molecule has 0 radical (unpaired) electrons. The minimum atomic E-state index is -0.217. The predicted octanol–water partition coefficient (Wildman–Crippen LogP) is 7.86. The Balaban J connectivity index is 1.67. The zero-order valence-corrected chi connectivity index (χ0v) is 23.5. The van der Waals surface area contributed by atoms with E-state index >= 15 is 0 Å². The van der Waals surface area contributed by atoms with Crippen LogP contribution < -0.4 is 10.3 Å². The largest absolute Gasteiger partial charge is 0.486 e. The Morgan fingerprint density at radius 3 is 2.69 bits per heavy atom. The van der Waals surface area contributed by atoms with Crippen molar-refractivity contribution >= 4 is 60.6 Å². The molecule has 0 N–H and O–H groups in total. The van der Waals surface area contributed by atoms with Gasteiger partial charge in [0, 0.05) is 10.4 Å². The summed E-state index contributed by atoms with van der Waals surface area (Å²) in [5.74, 6) is 1.23. The van der Waals surface area contributed by atoms with Crippen molar-refractivity contribution in [1.29, 1.82) is 0 Å². The zero-order valence-electron chi connectivity index (χ0n) is 19.6. The van der Waals surface area contributed by atoms with Crippen molar-refractivity contribution in [3.8, 4) is 5.75 Å². The number of aryl methyl sites for hydroxylation is 1. The number of aromatic nitrogens is 2. The Morgan fingerprint density at radius 2 is 1.97 bits per heavy atom. The molecule has 4 rings (SSSR count). The molecule has 180 valence electrons. The first-order chi connectivity index (χ1) is 16.8. The topological polar surface area (TPSA) is 56.5 Å². The summed E-state index contributed by atoms with van der Waals surface area (Å²) in [5, 5.41) is 5.47. The van der Waals surface area contributed by atoms with Crippen LogP contribution in [-0.4, -0.2) is 15.9 Å². The van der Waals surface area contributed by atoms with E-state index in [9.17, 15) is 4.79 Å². The van der Waals surface area contributed by atoms with Gasteiger partial charge in [0.2, 0.25) is 0 Å². The van der Waals surface area contributed by atoms with Crippen LogP contribution in [0.3, 0.4) is 0 Å². The van der Waals surface area contributed by atoms with Gasteiger partial charge in [-0.3, -0.25) is 4.79 Å².